The molecular weight excluding hydrogens is 426 g/mol. The third kappa shape index (κ3) is 4.64. The topological polar surface area (TPSA) is 53.5 Å². The summed E-state index contributed by atoms with van der Waals surface area (Å²) in [5, 5.41) is 3.57. The molecule has 152 valence electrons. The Morgan fingerprint density at radius 1 is 1.07 bits per heavy atom. The second kappa shape index (κ2) is 8.44. The summed E-state index contributed by atoms with van der Waals surface area (Å²) in [6, 6.07) is 14.8. The van der Waals surface area contributed by atoms with Gasteiger partial charge in [-0.25, -0.2) is 13.4 Å². The van der Waals surface area contributed by atoms with Gasteiger partial charge in [0.1, 0.15) is 0 Å². The first-order valence-electron chi connectivity index (χ1n) is 9.42. The molecule has 1 saturated heterocycles. The monoisotopic (exact) mass is 447 g/mol. The van der Waals surface area contributed by atoms with Gasteiger partial charge in [0.05, 0.1) is 10.6 Å². The first-order valence-corrected chi connectivity index (χ1v) is 12.1. The van der Waals surface area contributed by atoms with Gasteiger partial charge in [-0.2, -0.15) is 4.31 Å². The fraction of sp³-hybridized carbons (Fsp3) is 0.286. The Balaban J connectivity index is 1.40. The summed E-state index contributed by atoms with van der Waals surface area (Å²) in [4.78, 5) is 7.22. The molecule has 1 aliphatic heterocycles. The predicted molar refractivity (Wildman–Crippen MR) is 119 cm³/mol. The van der Waals surface area contributed by atoms with Gasteiger partial charge in [-0.3, -0.25) is 0 Å². The van der Waals surface area contributed by atoms with E-state index < -0.39 is 10.0 Å². The highest BCUT2D eigenvalue weighted by atomic mass is 35.5. The smallest absolute Gasteiger partial charge is 0.243 e. The maximum atomic E-state index is 12.8. The van der Waals surface area contributed by atoms with Crippen LogP contribution in [0.1, 0.15) is 16.8 Å². The minimum absolute atomic E-state index is 0.282. The highest BCUT2D eigenvalue weighted by Gasteiger charge is 2.29. The van der Waals surface area contributed by atoms with E-state index in [2.05, 4.69) is 41.5 Å². The van der Waals surface area contributed by atoms with Gasteiger partial charge in [-0.1, -0.05) is 41.4 Å². The minimum Gasteiger partial charge on any atom is -0.345 e. The van der Waals surface area contributed by atoms with E-state index in [0.717, 1.165) is 17.2 Å². The molecule has 0 atom stereocenters. The summed E-state index contributed by atoms with van der Waals surface area (Å²) >= 11 is 7.49. The molecule has 29 heavy (non-hydrogen) atoms. The van der Waals surface area contributed by atoms with Gasteiger partial charge in [-0.15, -0.1) is 11.3 Å². The van der Waals surface area contributed by atoms with Crippen LogP contribution in [-0.4, -0.2) is 43.9 Å². The molecule has 1 fully saturated rings. The quantitative estimate of drug-likeness (QED) is 0.588. The lowest BCUT2D eigenvalue weighted by molar-refractivity contribution is 0.384. The van der Waals surface area contributed by atoms with Crippen LogP contribution < -0.4 is 4.90 Å². The Morgan fingerprint density at radius 2 is 1.79 bits per heavy atom. The zero-order valence-electron chi connectivity index (χ0n) is 16.1. The molecule has 0 bridgehead atoms. The predicted octanol–water partition coefficient (Wildman–Crippen LogP) is 4.21. The normalized spacial score (nSPS) is 15.6. The van der Waals surface area contributed by atoms with Crippen LogP contribution in [0, 0.1) is 6.92 Å². The second-order valence-electron chi connectivity index (χ2n) is 7.13. The van der Waals surface area contributed by atoms with Crippen molar-refractivity contribution >= 4 is 38.1 Å². The zero-order valence-corrected chi connectivity index (χ0v) is 18.5. The molecule has 5 nitrogen and oxygen atoms in total. The van der Waals surface area contributed by atoms with Crippen LogP contribution in [0.5, 0.6) is 0 Å². The Morgan fingerprint density at radius 3 is 2.48 bits per heavy atom. The highest BCUT2D eigenvalue weighted by Crippen LogP contribution is 2.26. The third-order valence-corrected chi connectivity index (χ3v) is 8.08. The summed E-state index contributed by atoms with van der Waals surface area (Å²) in [7, 11) is -3.49. The SMILES string of the molecule is Cc1cccc(Cc2csc(N3CCN(S(=O)(=O)c4ccc(Cl)cc4)CC3)n2)c1. The second-order valence-corrected chi connectivity index (χ2v) is 10.3. The standard InChI is InChI=1S/C21H22ClN3O2S2/c1-16-3-2-4-17(13-16)14-19-15-28-21(23-19)24-9-11-25(12-10-24)29(26,27)20-7-5-18(22)6-8-20/h2-8,13,15H,9-12,14H2,1H3. The molecule has 4 rings (SSSR count). The summed E-state index contributed by atoms with van der Waals surface area (Å²) in [6.07, 6.45) is 0.809. The van der Waals surface area contributed by atoms with Gasteiger partial charge in [0.25, 0.3) is 0 Å². The van der Waals surface area contributed by atoms with E-state index in [4.69, 9.17) is 16.6 Å². The average molecular weight is 448 g/mol. The highest BCUT2D eigenvalue weighted by molar-refractivity contribution is 7.89. The van der Waals surface area contributed by atoms with Crippen LogP contribution in [0.25, 0.3) is 0 Å². The molecular formula is C21H22ClN3O2S2. The Hall–Kier alpha value is -1.93. The number of hydrogen-bond donors (Lipinski definition) is 0. The Labute approximate surface area is 180 Å². The maximum absolute atomic E-state index is 12.8. The number of hydrogen-bond acceptors (Lipinski definition) is 5. The van der Waals surface area contributed by atoms with E-state index in [0.29, 0.717) is 31.2 Å². The van der Waals surface area contributed by atoms with Crippen LogP contribution in [0.3, 0.4) is 0 Å². The fourth-order valence-corrected chi connectivity index (χ4v) is 5.86. The number of aromatic nitrogens is 1. The molecule has 0 saturated carbocycles. The summed E-state index contributed by atoms with van der Waals surface area (Å²) in [6.45, 7) is 4.23. The van der Waals surface area contributed by atoms with Crippen molar-refractivity contribution in [1.82, 2.24) is 9.29 Å². The number of nitrogens with zero attached hydrogens (tertiary/aromatic N) is 3. The van der Waals surface area contributed by atoms with Crippen molar-refractivity contribution in [3.05, 3.63) is 75.8 Å². The number of aryl methyl sites for hydroxylation is 1. The number of thiazole rings is 1. The van der Waals surface area contributed by atoms with Crippen LogP contribution >= 0.6 is 22.9 Å². The number of rotatable bonds is 5. The lowest BCUT2D eigenvalue weighted by atomic mass is 10.1. The molecule has 3 aromatic rings. The lowest BCUT2D eigenvalue weighted by Gasteiger charge is -2.33. The summed E-state index contributed by atoms with van der Waals surface area (Å²) in [5.41, 5.74) is 3.54. The van der Waals surface area contributed by atoms with E-state index in [-0.39, 0.29) is 4.90 Å². The number of halogens is 1. The largest absolute Gasteiger partial charge is 0.345 e. The van der Waals surface area contributed by atoms with Crippen molar-refractivity contribution in [1.29, 1.82) is 0 Å². The molecule has 0 N–H and O–H groups in total. The molecule has 0 radical (unpaired) electrons. The first kappa shape index (κ1) is 20.3. The Bertz CT molecular complexity index is 1090. The van der Waals surface area contributed by atoms with Crippen molar-refractivity contribution in [2.24, 2.45) is 0 Å². The summed E-state index contributed by atoms with van der Waals surface area (Å²) in [5.74, 6) is 0. The number of benzene rings is 2. The number of sulfonamides is 1. The van der Waals surface area contributed by atoms with Gasteiger partial charge >= 0.3 is 0 Å². The maximum Gasteiger partial charge on any atom is 0.243 e. The van der Waals surface area contributed by atoms with Crippen molar-refractivity contribution in [3.63, 3.8) is 0 Å². The van der Waals surface area contributed by atoms with E-state index >= 15 is 0 Å². The molecule has 2 aromatic carbocycles. The summed E-state index contributed by atoms with van der Waals surface area (Å²) < 4.78 is 27.2. The molecule has 1 aliphatic rings. The molecule has 0 aliphatic carbocycles. The van der Waals surface area contributed by atoms with E-state index in [1.165, 1.54) is 15.4 Å². The van der Waals surface area contributed by atoms with Crippen molar-refractivity contribution in [3.8, 4) is 0 Å². The Kier molecular flexibility index (Phi) is 5.92. The van der Waals surface area contributed by atoms with Crippen LogP contribution in [-0.2, 0) is 16.4 Å². The zero-order chi connectivity index (χ0) is 20.4. The molecule has 8 heteroatoms. The van der Waals surface area contributed by atoms with E-state index in [1.807, 2.05) is 0 Å². The van der Waals surface area contributed by atoms with E-state index in [9.17, 15) is 8.42 Å². The van der Waals surface area contributed by atoms with Crippen molar-refractivity contribution in [2.45, 2.75) is 18.2 Å². The molecule has 0 amide bonds. The average Bonchev–Trinajstić information content (AvgIpc) is 3.17. The third-order valence-electron chi connectivity index (χ3n) is 4.97. The molecule has 2 heterocycles. The molecule has 1 aromatic heterocycles. The van der Waals surface area contributed by atoms with Gasteiger partial charge in [0.15, 0.2) is 5.13 Å². The van der Waals surface area contributed by atoms with Gasteiger partial charge < -0.3 is 4.90 Å². The first-order chi connectivity index (χ1) is 13.9. The van der Waals surface area contributed by atoms with E-state index in [1.54, 1.807) is 35.6 Å². The van der Waals surface area contributed by atoms with Crippen LogP contribution in [0.2, 0.25) is 5.02 Å². The van der Waals surface area contributed by atoms with Crippen molar-refractivity contribution < 1.29 is 8.42 Å². The lowest BCUT2D eigenvalue weighted by Crippen LogP contribution is -2.48. The van der Waals surface area contributed by atoms with Gasteiger partial charge in [-0.05, 0) is 36.8 Å². The number of piperazine rings is 1. The van der Waals surface area contributed by atoms with Crippen molar-refractivity contribution in [2.75, 3.05) is 31.1 Å². The number of anilines is 1. The molecule has 0 spiro atoms. The fourth-order valence-electron chi connectivity index (χ4n) is 3.43. The van der Waals surface area contributed by atoms with Crippen LogP contribution in [0.15, 0.2) is 58.8 Å². The molecule has 0 unspecified atom stereocenters. The van der Waals surface area contributed by atoms with Crippen LogP contribution in [0.4, 0.5) is 5.13 Å². The van der Waals surface area contributed by atoms with Gasteiger partial charge in [0.2, 0.25) is 10.0 Å². The minimum atomic E-state index is -3.49. The van der Waals surface area contributed by atoms with Gasteiger partial charge in [0, 0.05) is 43.0 Å².